The molecular formula is C31H33NO9. The number of carbonyl (C=O) groups is 3. The number of hydrogen-bond donors (Lipinski definition) is 1. The van der Waals surface area contributed by atoms with Gasteiger partial charge < -0.3 is 33.7 Å². The minimum Gasteiger partial charge on any atom is -0.493 e. The number of hydrogen-bond acceptors (Lipinski definition) is 10. The standard InChI is InChI=1S/C31H33NO9/c1-17(38-18(2)33)28(34)41-25(19-8-6-5-7-9-19)29(35)39-22-12-13-31(36)23-16-20-10-11-21(37-4)26-24(20)30(31,27(22)40-26)14-15-32(23)3/h5-12,17,23,25,27,36H,13-16H2,1-4H3/t17-,23+,25-,27?,30?,31+/m0/s1. The van der Waals surface area contributed by atoms with Crippen LogP contribution >= 0.6 is 0 Å². The van der Waals surface area contributed by atoms with Crippen molar-refractivity contribution in [3.63, 3.8) is 0 Å². The lowest BCUT2D eigenvalue weighted by molar-refractivity contribution is -0.181. The zero-order chi connectivity index (χ0) is 29.1. The van der Waals surface area contributed by atoms with Gasteiger partial charge in [0.2, 0.25) is 6.10 Å². The topological polar surface area (TPSA) is 121 Å². The summed E-state index contributed by atoms with van der Waals surface area (Å²) in [6.07, 6.45) is -0.231. The van der Waals surface area contributed by atoms with E-state index in [0.29, 0.717) is 29.9 Å². The van der Waals surface area contributed by atoms with E-state index in [2.05, 4.69) is 4.90 Å². The molecule has 10 nitrogen and oxygen atoms in total. The molecule has 10 heteroatoms. The van der Waals surface area contributed by atoms with Gasteiger partial charge in [-0.3, -0.25) is 4.79 Å². The molecule has 4 aliphatic rings. The van der Waals surface area contributed by atoms with Gasteiger partial charge in [-0.1, -0.05) is 36.4 Å². The van der Waals surface area contributed by atoms with Crippen molar-refractivity contribution in [2.45, 2.75) is 68.5 Å². The summed E-state index contributed by atoms with van der Waals surface area (Å²) in [7, 11) is 3.59. The van der Waals surface area contributed by atoms with Crippen LogP contribution in [0.1, 0.15) is 49.5 Å². The lowest BCUT2D eigenvalue weighted by atomic mass is 9.50. The Bertz CT molecular complexity index is 1440. The number of ether oxygens (including phenoxy) is 5. The molecule has 0 aromatic heterocycles. The van der Waals surface area contributed by atoms with Gasteiger partial charge in [-0.05, 0) is 51.1 Å². The van der Waals surface area contributed by atoms with E-state index < -0.39 is 47.2 Å². The maximum absolute atomic E-state index is 13.7. The van der Waals surface area contributed by atoms with E-state index in [1.165, 1.54) is 13.8 Å². The van der Waals surface area contributed by atoms with Crippen LogP contribution in [0.15, 0.2) is 54.3 Å². The average molecular weight is 564 g/mol. The summed E-state index contributed by atoms with van der Waals surface area (Å²) < 4.78 is 28.7. The Kier molecular flexibility index (Phi) is 6.58. The first kappa shape index (κ1) is 27.3. The van der Waals surface area contributed by atoms with Gasteiger partial charge in [0.25, 0.3) is 0 Å². The molecule has 1 N–H and O–H groups in total. The quantitative estimate of drug-likeness (QED) is 0.398. The second-order valence-electron chi connectivity index (χ2n) is 11.2. The number of aliphatic hydroxyl groups is 1. The van der Waals surface area contributed by atoms with Crippen molar-refractivity contribution in [1.29, 1.82) is 0 Å². The maximum Gasteiger partial charge on any atom is 0.357 e. The van der Waals surface area contributed by atoms with Crippen LogP contribution < -0.4 is 9.47 Å². The number of rotatable bonds is 7. The molecule has 2 heterocycles. The molecule has 1 fully saturated rings. The minimum atomic E-state index is -1.42. The van der Waals surface area contributed by atoms with Gasteiger partial charge in [0, 0.05) is 30.5 Å². The molecule has 2 aromatic carbocycles. The summed E-state index contributed by atoms with van der Waals surface area (Å²) in [5.74, 6) is -1.02. The van der Waals surface area contributed by atoms with Crippen LogP contribution in [-0.2, 0) is 40.4 Å². The lowest BCUT2D eigenvalue weighted by Crippen LogP contribution is -2.74. The van der Waals surface area contributed by atoms with Gasteiger partial charge in [0.05, 0.1) is 18.1 Å². The van der Waals surface area contributed by atoms with Gasteiger partial charge in [0.15, 0.2) is 23.7 Å². The highest BCUT2D eigenvalue weighted by atomic mass is 16.6. The van der Waals surface area contributed by atoms with Crippen molar-refractivity contribution >= 4 is 17.9 Å². The third-order valence-corrected chi connectivity index (χ3v) is 9.00. The third kappa shape index (κ3) is 4.03. The van der Waals surface area contributed by atoms with Crippen LogP contribution in [0.5, 0.6) is 11.5 Å². The van der Waals surface area contributed by atoms with Crippen LogP contribution in [0.2, 0.25) is 0 Å². The van der Waals surface area contributed by atoms with Crippen LogP contribution in [-0.4, -0.2) is 72.5 Å². The monoisotopic (exact) mass is 563 g/mol. The fourth-order valence-electron chi connectivity index (χ4n) is 7.15. The molecule has 2 bridgehead atoms. The van der Waals surface area contributed by atoms with Gasteiger partial charge >= 0.3 is 17.9 Å². The van der Waals surface area contributed by atoms with E-state index in [1.807, 2.05) is 19.2 Å². The van der Waals surface area contributed by atoms with Crippen molar-refractivity contribution in [2.75, 3.05) is 20.7 Å². The number of likely N-dealkylation sites (tertiary alicyclic amines) is 1. The summed E-state index contributed by atoms with van der Waals surface area (Å²) in [4.78, 5) is 40.1. The second kappa shape index (κ2) is 9.88. The van der Waals surface area contributed by atoms with E-state index in [1.54, 1.807) is 43.5 Å². The predicted molar refractivity (Wildman–Crippen MR) is 144 cm³/mol. The summed E-state index contributed by atoms with van der Waals surface area (Å²) in [5.41, 5.74) is 0.373. The predicted octanol–water partition coefficient (Wildman–Crippen LogP) is 2.75. The van der Waals surface area contributed by atoms with Crippen molar-refractivity contribution in [3.05, 3.63) is 71.0 Å². The molecule has 1 saturated heterocycles. The Morgan fingerprint density at radius 3 is 2.56 bits per heavy atom. The van der Waals surface area contributed by atoms with E-state index in [9.17, 15) is 19.5 Å². The first-order valence-electron chi connectivity index (χ1n) is 13.7. The maximum atomic E-state index is 13.7. The van der Waals surface area contributed by atoms with E-state index in [-0.39, 0.29) is 18.2 Å². The molecule has 2 aliphatic heterocycles. The fraction of sp³-hybridized carbons (Fsp3) is 0.452. The number of esters is 3. The zero-order valence-corrected chi connectivity index (χ0v) is 23.4. The molecule has 1 spiro atoms. The zero-order valence-electron chi connectivity index (χ0n) is 23.4. The highest BCUT2D eigenvalue weighted by Gasteiger charge is 2.72. The van der Waals surface area contributed by atoms with Crippen molar-refractivity contribution < 1.29 is 43.2 Å². The van der Waals surface area contributed by atoms with E-state index >= 15 is 0 Å². The van der Waals surface area contributed by atoms with Gasteiger partial charge in [0.1, 0.15) is 5.76 Å². The summed E-state index contributed by atoms with van der Waals surface area (Å²) in [5, 5.41) is 12.4. The van der Waals surface area contributed by atoms with Gasteiger partial charge in [-0.2, -0.15) is 0 Å². The molecule has 2 unspecified atom stereocenters. The highest BCUT2D eigenvalue weighted by molar-refractivity contribution is 5.84. The van der Waals surface area contributed by atoms with Crippen LogP contribution in [0.3, 0.4) is 0 Å². The summed E-state index contributed by atoms with van der Waals surface area (Å²) >= 11 is 0. The number of methoxy groups -OCH3 is 1. The molecule has 0 saturated carbocycles. The number of nitrogens with zero attached hydrogens (tertiary/aromatic N) is 1. The fourth-order valence-corrected chi connectivity index (χ4v) is 7.15. The van der Waals surface area contributed by atoms with Crippen LogP contribution in [0.4, 0.5) is 0 Å². The number of carbonyl (C=O) groups excluding carboxylic acids is 3. The Hall–Kier alpha value is -3.89. The van der Waals surface area contributed by atoms with Gasteiger partial charge in [-0.15, -0.1) is 0 Å². The first-order valence-corrected chi connectivity index (χ1v) is 13.7. The molecule has 216 valence electrons. The number of benzene rings is 2. The highest BCUT2D eigenvalue weighted by Crippen LogP contribution is 2.65. The molecule has 2 aliphatic carbocycles. The normalized spacial score (nSPS) is 28.8. The Labute approximate surface area is 237 Å². The van der Waals surface area contributed by atoms with Crippen LogP contribution in [0.25, 0.3) is 0 Å². The minimum absolute atomic E-state index is 0.150. The summed E-state index contributed by atoms with van der Waals surface area (Å²) in [6.45, 7) is 3.28. The second-order valence-corrected chi connectivity index (χ2v) is 11.2. The largest absolute Gasteiger partial charge is 0.493 e. The van der Waals surface area contributed by atoms with Crippen molar-refractivity contribution in [1.82, 2.24) is 4.90 Å². The Morgan fingerprint density at radius 1 is 1.10 bits per heavy atom. The van der Waals surface area contributed by atoms with E-state index in [4.69, 9.17) is 23.7 Å². The van der Waals surface area contributed by atoms with Crippen molar-refractivity contribution in [2.24, 2.45) is 0 Å². The lowest BCUT2D eigenvalue weighted by Gasteiger charge is -2.61. The van der Waals surface area contributed by atoms with E-state index in [0.717, 1.165) is 17.7 Å². The average Bonchev–Trinajstić information content (AvgIpc) is 3.31. The molecule has 2 aromatic rings. The third-order valence-electron chi connectivity index (χ3n) is 9.00. The summed E-state index contributed by atoms with van der Waals surface area (Å²) in [6, 6.07) is 12.2. The Balaban J connectivity index is 1.36. The first-order chi connectivity index (χ1) is 19.6. The number of likely N-dealkylation sites (N-methyl/N-ethyl adjacent to an activating group) is 1. The smallest absolute Gasteiger partial charge is 0.357 e. The molecule has 6 atom stereocenters. The molecule has 0 amide bonds. The molecule has 41 heavy (non-hydrogen) atoms. The SMILES string of the molecule is COc1ccc2c3c1OC1C(OC(=O)[C@@H](OC(=O)[C@H](C)OC(C)=O)c4ccccc4)=CC[C@@]4(O)[C@@H](C2)N(C)CCC314. The number of piperidine rings is 1. The van der Waals surface area contributed by atoms with Gasteiger partial charge in [-0.25, -0.2) is 9.59 Å². The van der Waals surface area contributed by atoms with Crippen LogP contribution in [0, 0.1) is 0 Å². The van der Waals surface area contributed by atoms with Crippen molar-refractivity contribution in [3.8, 4) is 11.5 Å². The molecule has 0 radical (unpaired) electrons. The Morgan fingerprint density at radius 2 is 1.85 bits per heavy atom. The molecule has 6 rings (SSSR count). The molecular weight excluding hydrogens is 530 g/mol.